The Morgan fingerprint density at radius 3 is 1.20 bits per heavy atom. The van der Waals surface area contributed by atoms with E-state index in [4.69, 9.17) is 14.2 Å². The average Bonchev–Trinajstić information content (AvgIpc) is 3.25. The molecule has 5 nitrogen and oxygen atoms in total. The number of allylic oxidation sites excluding steroid dienone is 16. The molecule has 0 heterocycles. The topological polar surface area (TPSA) is 61.8 Å². The van der Waals surface area contributed by atoms with Crippen LogP contribution in [0.5, 0.6) is 0 Å². The molecule has 0 fully saturated rings. The van der Waals surface area contributed by atoms with Gasteiger partial charge in [-0.15, -0.1) is 0 Å². The van der Waals surface area contributed by atoms with Crippen molar-refractivity contribution in [2.45, 2.75) is 219 Å². The maximum Gasteiger partial charge on any atom is 0.306 e. The Bertz CT molecular complexity index is 1170. The number of rotatable bonds is 44. The highest BCUT2D eigenvalue weighted by Crippen LogP contribution is 2.13. The fourth-order valence-electron chi connectivity index (χ4n) is 6.49. The van der Waals surface area contributed by atoms with Gasteiger partial charge in [-0.2, -0.15) is 0 Å². The molecule has 342 valence electrons. The maximum absolute atomic E-state index is 12.7. The third-order valence-electron chi connectivity index (χ3n) is 10.1. The van der Waals surface area contributed by atoms with Crippen LogP contribution in [-0.2, 0) is 23.8 Å². The van der Waals surface area contributed by atoms with Crippen LogP contribution < -0.4 is 0 Å². The molecule has 0 aliphatic carbocycles. The first-order valence-electron chi connectivity index (χ1n) is 24.8. The summed E-state index contributed by atoms with van der Waals surface area (Å²) in [4.78, 5) is 25.3. The second-order valence-corrected chi connectivity index (χ2v) is 16.0. The van der Waals surface area contributed by atoms with Crippen molar-refractivity contribution in [3.63, 3.8) is 0 Å². The second-order valence-electron chi connectivity index (χ2n) is 16.0. The van der Waals surface area contributed by atoms with Crippen molar-refractivity contribution in [3.8, 4) is 0 Å². The lowest BCUT2D eigenvalue weighted by atomic mass is 10.1. The van der Waals surface area contributed by atoms with Gasteiger partial charge in [0.05, 0.1) is 6.61 Å². The van der Waals surface area contributed by atoms with Crippen LogP contribution in [0, 0.1) is 0 Å². The molecular formula is C55H92O5. The molecule has 5 heteroatoms. The number of unbranched alkanes of at least 4 members (excludes halogenated alkanes) is 17. The lowest BCUT2D eigenvalue weighted by Crippen LogP contribution is -2.30. The monoisotopic (exact) mass is 833 g/mol. The maximum atomic E-state index is 12.7. The molecule has 0 N–H and O–H groups in total. The van der Waals surface area contributed by atoms with E-state index in [1.165, 1.54) is 70.6 Å². The summed E-state index contributed by atoms with van der Waals surface area (Å²) in [5, 5.41) is 0. The Morgan fingerprint density at radius 1 is 0.383 bits per heavy atom. The van der Waals surface area contributed by atoms with E-state index in [-0.39, 0.29) is 25.2 Å². The molecule has 0 saturated heterocycles. The summed E-state index contributed by atoms with van der Waals surface area (Å²) in [5.41, 5.74) is 0. The highest BCUT2D eigenvalue weighted by molar-refractivity contribution is 5.70. The Labute approximate surface area is 371 Å². The van der Waals surface area contributed by atoms with Gasteiger partial charge in [0.2, 0.25) is 0 Å². The van der Waals surface area contributed by atoms with Gasteiger partial charge in [0.1, 0.15) is 6.61 Å². The Balaban J connectivity index is 4.29. The van der Waals surface area contributed by atoms with Gasteiger partial charge >= 0.3 is 11.9 Å². The third-order valence-corrected chi connectivity index (χ3v) is 10.1. The summed E-state index contributed by atoms with van der Waals surface area (Å²) in [6.07, 6.45) is 67.0. The third kappa shape index (κ3) is 47.5. The van der Waals surface area contributed by atoms with Crippen LogP contribution in [-0.4, -0.2) is 37.9 Å². The number of esters is 2. The molecule has 0 aromatic rings. The predicted octanol–water partition coefficient (Wildman–Crippen LogP) is 16.7. The van der Waals surface area contributed by atoms with Gasteiger partial charge < -0.3 is 14.2 Å². The number of ether oxygens (including phenoxy) is 3. The van der Waals surface area contributed by atoms with E-state index >= 15 is 0 Å². The Morgan fingerprint density at radius 2 is 0.750 bits per heavy atom. The normalized spacial score (nSPS) is 13.1. The minimum Gasteiger partial charge on any atom is -0.462 e. The Hall–Kier alpha value is -3.18. The van der Waals surface area contributed by atoms with Gasteiger partial charge in [0, 0.05) is 19.4 Å². The average molecular weight is 833 g/mol. The SMILES string of the molecule is CC/C=C\C/C=C\C/C=C\C/C=C\C/C=C\CCCCCCOCC(COC(=O)CCCCCCC/C=C\C/C=C\C/C=C\CC)OC(=O)CCCCCCCCCCC. The van der Waals surface area contributed by atoms with Crippen LogP contribution in [0.1, 0.15) is 213 Å². The number of hydrogen-bond acceptors (Lipinski definition) is 5. The molecule has 0 bridgehead atoms. The van der Waals surface area contributed by atoms with Gasteiger partial charge in [-0.25, -0.2) is 0 Å². The largest absolute Gasteiger partial charge is 0.462 e. The minimum absolute atomic E-state index is 0.0620. The van der Waals surface area contributed by atoms with Crippen LogP contribution in [0.3, 0.4) is 0 Å². The van der Waals surface area contributed by atoms with Crippen LogP contribution in [0.4, 0.5) is 0 Å². The first-order valence-corrected chi connectivity index (χ1v) is 24.8. The highest BCUT2D eigenvalue weighted by Gasteiger charge is 2.17. The first-order chi connectivity index (χ1) is 29.6. The second kappa shape index (κ2) is 50.2. The number of carbonyl (C=O) groups is 2. The summed E-state index contributed by atoms with van der Waals surface area (Å²) in [5.74, 6) is -0.438. The molecular weight excluding hydrogens is 741 g/mol. The molecule has 60 heavy (non-hydrogen) atoms. The highest BCUT2D eigenvalue weighted by atomic mass is 16.6. The van der Waals surface area contributed by atoms with Crippen LogP contribution in [0.25, 0.3) is 0 Å². The van der Waals surface area contributed by atoms with Crippen molar-refractivity contribution < 1.29 is 23.8 Å². The van der Waals surface area contributed by atoms with Crippen molar-refractivity contribution in [2.24, 2.45) is 0 Å². The molecule has 0 aromatic carbocycles. The van der Waals surface area contributed by atoms with Crippen molar-refractivity contribution in [1.82, 2.24) is 0 Å². The van der Waals surface area contributed by atoms with E-state index in [0.29, 0.717) is 19.4 Å². The van der Waals surface area contributed by atoms with Crippen molar-refractivity contribution >= 4 is 11.9 Å². The van der Waals surface area contributed by atoms with Gasteiger partial charge in [-0.3, -0.25) is 9.59 Å². The smallest absolute Gasteiger partial charge is 0.306 e. The van der Waals surface area contributed by atoms with E-state index in [1.807, 2.05) is 0 Å². The van der Waals surface area contributed by atoms with E-state index in [2.05, 4.69) is 118 Å². The summed E-state index contributed by atoms with van der Waals surface area (Å²) >= 11 is 0. The fourth-order valence-corrected chi connectivity index (χ4v) is 6.49. The van der Waals surface area contributed by atoms with Gasteiger partial charge in [0.15, 0.2) is 6.10 Å². The number of carbonyl (C=O) groups excluding carboxylic acids is 2. The molecule has 0 aliphatic heterocycles. The lowest BCUT2D eigenvalue weighted by Gasteiger charge is -2.18. The standard InChI is InChI=1S/C55H92O5/c1-4-7-10-13-16-19-21-23-25-26-27-28-29-31-33-35-38-41-44-47-50-58-51-53(60-55(57)49-46-43-40-36-18-15-12-9-6-3)52-59-54(56)48-45-42-39-37-34-32-30-24-22-20-17-14-11-8-5-2/h7-8,10-11,16-17,19-20,23-25,27-28,30-31,33,53H,4-6,9,12-15,18,21-22,26,29,32,34-52H2,1-3H3/b10-7-,11-8-,19-16-,20-17-,25-23-,28-27-,30-24-,33-31-. The van der Waals surface area contributed by atoms with Crippen molar-refractivity contribution in [3.05, 3.63) is 97.2 Å². The molecule has 1 atom stereocenters. The zero-order valence-electron chi connectivity index (χ0n) is 39.2. The van der Waals surface area contributed by atoms with E-state index in [9.17, 15) is 9.59 Å². The number of hydrogen-bond donors (Lipinski definition) is 0. The van der Waals surface area contributed by atoms with Crippen LogP contribution in [0.15, 0.2) is 97.2 Å². The summed E-state index contributed by atoms with van der Waals surface area (Å²) < 4.78 is 17.3. The zero-order chi connectivity index (χ0) is 43.5. The van der Waals surface area contributed by atoms with Gasteiger partial charge in [-0.05, 0) is 96.3 Å². The molecule has 1 unspecified atom stereocenters. The van der Waals surface area contributed by atoms with Gasteiger partial charge in [0.25, 0.3) is 0 Å². The molecule has 0 saturated carbocycles. The van der Waals surface area contributed by atoms with Crippen molar-refractivity contribution in [2.75, 3.05) is 19.8 Å². The molecule has 0 rings (SSSR count). The van der Waals surface area contributed by atoms with Crippen LogP contribution >= 0.6 is 0 Å². The predicted molar refractivity (Wildman–Crippen MR) is 260 cm³/mol. The first kappa shape index (κ1) is 56.8. The van der Waals surface area contributed by atoms with Crippen molar-refractivity contribution in [1.29, 1.82) is 0 Å². The zero-order valence-corrected chi connectivity index (χ0v) is 39.2. The summed E-state index contributed by atoms with van der Waals surface area (Å²) in [6, 6.07) is 0. The molecule has 0 spiro atoms. The van der Waals surface area contributed by atoms with E-state index in [1.54, 1.807) is 0 Å². The quantitative estimate of drug-likeness (QED) is 0.0348. The molecule has 0 amide bonds. The summed E-state index contributed by atoms with van der Waals surface area (Å²) in [7, 11) is 0. The lowest BCUT2D eigenvalue weighted by molar-refractivity contribution is -0.163. The summed E-state index contributed by atoms with van der Waals surface area (Å²) in [6.45, 7) is 7.50. The fraction of sp³-hybridized carbons (Fsp3) is 0.673. The molecule has 0 aliphatic rings. The molecule has 0 aromatic heterocycles. The molecule has 0 radical (unpaired) electrons. The van der Waals surface area contributed by atoms with E-state index < -0.39 is 6.10 Å². The van der Waals surface area contributed by atoms with E-state index in [0.717, 1.165) is 109 Å². The van der Waals surface area contributed by atoms with Crippen LogP contribution in [0.2, 0.25) is 0 Å². The van der Waals surface area contributed by atoms with Gasteiger partial charge in [-0.1, -0.05) is 201 Å². The Kier molecular flexibility index (Phi) is 47.5. The minimum atomic E-state index is -0.559.